The molecule has 0 amide bonds. The van der Waals surface area contributed by atoms with Gasteiger partial charge in [0.1, 0.15) is 0 Å². The van der Waals surface area contributed by atoms with E-state index in [0.717, 1.165) is 5.39 Å². The van der Waals surface area contributed by atoms with Gasteiger partial charge in [-0.25, -0.2) is 0 Å². The van der Waals surface area contributed by atoms with Gasteiger partial charge in [-0.1, -0.05) is 19.1 Å². The van der Waals surface area contributed by atoms with Crippen LogP contribution in [0.15, 0.2) is 41.4 Å². The maximum absolute atomic E-state index is 10.8. The number of methoxy groups -OCH3 is 2. The van der Waals surface area contributed by atoms with Crippen LogP contribution in [-0.2, 0) is 11.2 Å². The van der Waals surface area contributed by atoms with E-state index in [1.807, 2.05) is 6.92 Å². The normalized spacial score (nSPS) is 11.6. The van der Waals surface area contributed by atoms with Crippen LogP contribution in [0, 0.1) is 0 Å². The van der Waals surface area contributed by atoms with Crippen LogP contribution in [0.1, 0.15) is 24.5 Å². The Morgan fingerprint density at radius 3 is 2.32 bits per heavy atom. The minimum absolute atomic E-state index is 0.0217. The number of rotatable bonds is 7. The minimum atomic E-state index is -0.876. The molecule has 7 heteroatoms. The van der Waals surface area contributed by atoms with Crippen LogP contribution in [0.5, 0.6) is 17.4 Å². The average molecular weight is 382 g/mol. The average Bonchev–Trinajstić information content (AvgIpc) is 3.00. The predicted molar refractivity (Wildman–Crippen MR) is 107 cm³/mol. The zero-order chi connectivity index (χ0) is 20.3. The SMILES string of the molecule is CCC(=Nc1ccc(CC(=O)O)cc1)c1c(O)[nH]c2cc(OC)c(OC)cc12. The summed E-state index contributed by atoms with van der Waals surface area (Å²) in [5.41, 5.74) is 3.40. The first-order chi connectivity index (χ1) is 13.5. The van der Waals surface area contributed by atoms with Crippen molar-refractivity contribution in [2.45, 2.75) is 19.8 Å². The van der Waals surface area contributed by atoms with Crippen LogP contribution < -0.4 is 9.47 Å². The predicted octanol–water partition coefficient (Wildman–Crippen LogP) is 4.05. The molecule has 0 aliphatic rings. The first-order valence-corrected chi connectivity index (χ1v) is 8.82. The lowest BCUT2D eigenvalue weighted by Crippen LogP contribution is -2.00. The summed E-state index contributed by atoms with van der Waals surface area (Å²) in [4.78, 5) is 18.4. The molecular formula is C21H22N2O5. The van der Waals surface area contributed by atoms with E-state index in [4.69, 9.17) is 14.6 Å². The van der Waals surface area contributed by atoms with Crippen LogP contribution in [0.3, 0.4) is 0 Å². The van der Waals surface area contributed by atoms with Crippen LogP contribution in [-0.4, -0.2) is 41.1 Å². The smallest absolute Gasteiger partial charge is 0.307 e. The maximum Gasteiger partial charge on any atom is 0.307 e. The highest BCUT2D eigenvalue weighted by Crippen LogP contribution is 2.37. The first-order valence-electron chi connectivity index (χ1n) is 8.82. The molecule has 3 N–H and O–H groups in total. The van der Waals surface area contributed by atoms with Crippen molar-refractivity contribution >= 4 is 28.3 Å². The molecule has 0 unspecified atom stereocenters. The molecule has 0 bridgehead atoms. The number of hydrogen-bond acceptors (Lipinski definition) is 5. The fourth-order valence-electron chi connectivity index (χ4n) is 3.13. The lowest BCUT2D eigenvalue weighted by atomic mass is 10.1. The topological polar surface area (TPSA) is 104 Å². The Bertz CT molecular complexity index is 1040. The van der Waals surface area contributed by atoms with E-state index in [2.05, 4.69) is 9.98 Å². The number of aliphatic carboxylic acids is 1. The number of aromatic hydroxyl groups is 1. The van der Waals surface area contributed by atoms with Gasteiger partial charge in [0.15, 0.2) is 17.4 Å². The third-order valence-electron chi connectivity index (χ3n) is 4.46. The number of carboxylic acids is 1. The standard InChI is InChI=1S/C21H22N2O5/c1-4-15(22-13-7-5-12(6-8-13)9-19(24)25)20-14-10-17(27-2)18(28-3)11-16(14)23-21(20)26/h5-8,10-11,23,26H,4,9H2,1-3H3,(H,24,25). The van der Waals surface area contributed by atoms with Crippen molar-refractivity contribution in [2.75, 3.05) is 14.2 Å². The Kier molecular flexibility index (Phi) is 5.54. The van der Waals surface area contributed by atoms with Gasteiger partial charge in [-0.3, -0.25) is 9.79 Å². The molecule has 3 rings (SSSR count). The van der Waals surface area contributed by atoms with Crippen molar-refractivity contribution in [2.24, 2.45) is 4.99 Å². The quantitative estimate of drug-likeness (QED) is 0.535. The molecule has 1 aromatic heterocycles. The number of carbonyl (C=O) groups is 1. The number of benzene rings is 2. The highest BCUT2D eigenvalue weighted by atomic mass is 16.5. The third-order valence-corrected chi connectivity index (χ3v) is 4.46. The summed E-state index contributed by atoms with van der Waals surface area (Å²) in [6.45, 7) is 1.96. The summed E-state index contributed by atoms with van der Waals surface area (Å²) in [5, 5.41) is 20.2. The Labute approximate surface area is 162 Å². The van der Waals surface area contributed by atoms with E-state index in [-0.39, 0.29) is 12.3 Å². The van der Waals surface area contributed by atoms with Gasteiger partial charge in [0.25, 0.3) is 0 Å². The summed E-state index contributed by atoms with van der Waals surface area (Å²) in [6.07, 6.45) is 0.557. The lowest BCUT2D eigenvalue weighted by molar-refractivity contribution is -0.136. The van der Waals surface area contributed by atoms with Crippen molar-refractivity contribution in [3.05, 3.63) is 47.5 Å². The molecule has 0 aliphatic heterocycles. The highest BCUT2D eigenvalue weighted by molar-refractivity contribution is 6.14. The number of nitrogens with one attached hydrogen (secondary N) is 1. The second-order valence-corrected chi connectivity index (χ2v) is 6.25. The van der Waals surface area contributed by atoms with Gasteiger partial charge in [-0.05, 0) is 30.2 Å². The highest BCUT2D eigenvalue weighted by Gasteiger charge is 2.18. The third kappa shape index (κ3) is 3.78. The van der Waals surface area contributed by atoms with E-state index in [0.29, 0.717) is 46.0 Å². The Morgan fingerprint density at radius 1 is 1.11 bits per heavy atom. The van der Waals surface area contributed by atoms with Gasteiger partial charge in [0, 0.05) is 11.5 Å². The largest absolute Gasteiger partial charge is 0.494 e. The molecule has 2 aromatic carbocycles. The molecule has 0 saturated heterocycles. The first kappa shape index (κ1) is 19.3. The molecule has 0 saturated carbocycles. The number of aromatic nitrogens is 1. The summed E-state index contributed by atoms with van der Waals surface area (Å²) >= 11 is 0. The van der Waals surface area contributed by atoms with Gasteiger partial charge < -0.3 is 24.7 Å². The van der Waals surface area contributed by atoms with Crippen molar-refractivity contribution in [1.29, 1.82) is 0 Å². The second-order valence-electron chi connectivity index (χ2n) is 6.25. The minimum Gasteiger partial charge on any atom is -0.494 e. The molecule has 28 heavy (non-hydrogen) atoms. The molecule has 0 aliphatic carbocycles. The Hall–Kier alpha value is -3.48. The number of hydrogen-bond donors (Lipinski definition) is 3. The van der Waals surface area contributed by atoms with E-state index in [1.165, 1.54) is 0 Å². The van der Waals surface area contributed by atoms with Crippen molar-refractivity contribution in [3.8, 4) is 17.4 Å². The molecule has 146 valence electrons. The summed E-state index contributed by atoms with van der Waals surface area (Å²) in [6, 6.07) is 10.6. The monoisotopic (exact) mass is 382 g/mol. The molecule has 3 aromatic rings. The van der Waals surface area contributed by atoms with Crippen LogP contribution in [0.4, 0.5) is 5.69 Å². The fraction of sp³-hybridized carbons (Fsp3) is 0.238. The zero-order valence-corrected chi connectivity index (χ0v) is 15.9. The van der Waals surface area contributed by atoms with Crippen molar-refractivity contribution in [3.63, 3.8) is 0 Å². The number of aromatic amines is 1. The summed E-state index contributed by atoms with van der Waals surface area (Å²) < 4.78 is 10.7. The van der Waals surface area contributed by atoms with E-state index >= 15 is 0 Å². The Balaban J connectivity index is 2.06. The molecule has 0 fully saturated rings. The number of nitrogens with zero attached hydrogens (tertiary/aromatic N) is 1. The van der Waals surface area contributed by atoms with Gasteiger partial charge in [-0.15, -0.1) is 0 Å². The van der Waals surface area contributed by atoms with Gasteiger partial charge in [0.2, 0.25) is 0 Å². The van der Waals surface area contributed by atoms with E-state index in [9.17, 15) is 9.90 Å². The number of carboxylic acid groups (broad SMARTS) is 1. The van der Waals surface area contributed by atoms with Crippen LogP contribution in [0.25, 0.3) is 10.9 Å². The number of fused-ring (bicyclic) bond motifs is 1. The number of aliphatic imine (C=N–C) groups is 1. The van der Waals surface area contributed by atoms with Gasteiger partial charge >= 0.3 is 5.97 Å². The molecular weight excluding hydrogens is 360 g/mol. The number of H-pyrrole nitrogens is 1. The lowest BCUT2D eigenvalue weighted by Gasteiger charge is -2.09. The van der Waals surface area contributed by atoms with Gasteiger partial charge in [-0.2, -0.15) is 0 Å². The van der Waals surface area contributed by atoms with E-state index < -0.39 is 5.97 Å². The maximum atomic E-state index is 10.8. The molecule has 0 radical (unpaired) electrons. The summed E-state index contributed by atoms with van der Waals surface area (Å²) in [5.74, 6) is 0.266. The summed E-state index contributed by atoms with van der Waals surface area (Å²) in [7, 11) is 3.11. The molecule has 0 atom stereocenters. The molecule has 7 nitrogen and oxygen atoms in total. The van der Waals surface area contributed by atoms with Crippen LogP contribution >= 0.6 is 0 Å². The van der Waals surface area contributed by atoms with E-state index in [1.54, 1.807) is 50.6 Å². The zero-order valence-electron chi connectivity index (χ0n) is 15.9. The van der Waals surface area contributed by atoms with Crippen LogP contribution in [0.2, 0.25) is 0 Å². The van der Waals surface area contributed by atoms with Crippen molar-refractivity contribution < 1.29 is 24.5 Å². The molecule has 0 spiro atoms. The number of ether oxygens (including phenoxy) is 2. The van der Waals surface area contributed by atoms with Crippen molar-refractivity contribution in [1.82, 2.24) is 4.98 Å². The molecule has 1 heterocycles. The second kappa shape index (κ2) is 8.04. The van der Waals surface area contributed by atoms with Gasteiger partial charge in [0.05, 0.1) is 43.1 Å². The Morgan fingerprint density at radius 2 is 1.75 bits per heavy atom. The fourth-order valence-corrected chi connectivity index (χ4v) is 3.13.